The Morgan fingerprint density at radius 1 is 1.42 bits per heavy atom. The molecule has 12 heavy (non-hydrogen) atoms. The van der Waals surface area contributed by atoms with E-state index in [0.29, 0.717) is 17.9 Å². The maximum atomic E-state index is 9.26. The van der Waals surface area contributed by atoms with Gasteiger partial charge < -0.3 is 10.4 Å². The lowest BCUT2D eigenvalue weighted by molar-refractivity contribution is 0.0487. The highest BCUT2D eigenvalue weighted by atomic mass is 16.3. The molecule has 0 bridgehead atoms. The fraction of sp³-hybridized carbons (Fsp3) is 1.00. The van der Waals surface area contributed by atoms with Crippen molar-refractivity contribution in [1.82, 2.24) is 5.32 Å². The van der Waals surface area contributed by atoms with Crippen LogP contribution in [0.1, 0.15) is 33.1 Å². The Kier molecular flexibility index (Phi) is 3.53. The van der Waals surface area contributed by atoms with E-state index in [2.05, 4.69) is 19.2 Å². The summed E-state index contributed by atoms with van der Waals surface area (Å²) in [6, 6.07) is 0. The van der Waals surface area contributed by atoms with Crippen LogP contribution in [0, 0.1) is 11.3 Å². The number of nitrogens with one attached hydrogen (secondary N) is 1. The van der Waals surface area contributed by atoms with Gasteiger partial charge in [-0.3, -0.25) is 0 Å². The maximum absolute atomic E-state index is 9.26. The van der Waals surface area contributed by atoms with E-state index in [1.807, 2.05) is 0 Å². The first-order chi connectivity index (χ1) is 5.79. The molecule has 1 heterocycles. The molecule has 1 saturated heterocycles. The van der Waals surface area contributed by atoms with E-state index in [0.717, 1.165) is 19.5 Å². The summed E-state index contributed by atoms with van der Waals surface area (Å²) in [7, 11) is 0. The van der Waals surface area contributed by atoms with Gasteiger partial charge in [-0.25, -0.2) is 0 Å². The van der Waals surface area contributed by atoms with Gasteiger partial charge in [0.2, 0.25) is 0 Å². The summed E-state index contributed by atoms with van der Waals surface area (Å²) >= 11 is 0. The normalized spacial score (nSPS) is 28.8. The quantitative estimate of drug-likeness (QED) is 0.672. The van der Waals surface area contributed by atoms with Crippen LogP contribution in [0.4, 0.5) is 0 Å². The maximum Gasteiger partial charge on any atom is 0.0465 e. The Hall–Kier alpha value is -0.0800. The van der Waals surface area contributed by atoms with Crippen LogP contribution < -0.4 is 5.32 Å². The SMILES string of the molecule is CCC1(CC)CNCCC1CO. The molecule has 2 N–H and O–H groups in total. The summed E-state index contributed by atoms with van der Waals surface area (Å²) in [6.07, 6.45) is 3.50. The average Bonchev–Trinajstić information content (AvgIpc) is 2.17. The zero-order valence-electron chi connectivity index (χ0n) is 8.27. The van der Waals surface area contributed by atoms with Crippen LogP contribution in [-0.4, -0.2) is 24.8 Å². The highest BCUT2D eigenvalue weighted by Crippen LogP contribution is 2.38. The van der Waals surface area contributed by atoms with E-state index in [4.69, 9.17) is 0 Å². The van der Waals surface area contributed by atoms with Gasteiger partial charge in [0.25, 0.3) is 0 Å². The van der Waals surface area contributed by atoms with E-state index in [1.165, 1.54) is 12.8 Å². The standard InChI is InChI=1S/C10H21NO/c1-3-10(4-2)8-11-6-5-9(10)7-12/h9,11-12H,3-8H2,1-2H3. The number of aliphatic hydroxyl groups is 1. The van der Waals surface area contributed by atoms with Crippen LogP contribution in [0.25, 0.3) is 0 Å². The Labute approximate surface area is 75.4 Å². The summed E-state index contributed by atoms with van der Waals surface area (Å²) in [5.74, 6) is 0.522. The molecule has 0 spiro atoms. The van der Waals surface area contributed by atoms with Crippen LogP contribution in [0.5, 0.6) is 0 Å². The fourth-order valence-corrected chi connectivity index (χ4v) is 2.43. The Morgan fingerprint density at radius 3 is 2.50 bits per heavy atom. The van der Waals surface area contributed by atoms with Gasteiger partial charge in [0, 0.05) is 13.2 Å². The monoisotopic (exact) mass is 171 g/mol. The number of piperidine rings is 1. The van der Waals surface area contributed by atoms with Gasteiger partial charge in [-0.15, -0.1) is 0 Å². The van der Waals surface area contributed by atoms with E-state index >= 15 is 0 Å². The molecule has 0 aromatic rings. The van der Waals surface area contributed by atoms with Crippen molar-refractivity contribution < 1.29 is 5.11 Å². The lowest BCUT2D eigenvalue weighted by atomic mass is 9.68. The molecular weight excluding hydrogens is 150 g/mol. The zero-order valence-corrected chi connectivity index (χ0v) is 8.27. The number of hydrogen-bond acceptors (Lipinski definition) is 2. The molecule has 0 amide bonds. The second-order valence-corrected chi connectivity index (χ2v) is 3.91. The molecule has 1 atom stereocenters. The topological polar surface area (TPSA) is 32.3 Å². The first-order valence-corrected chi connectivity index (χ1v) is 5.10. The van der Waals surface area contributed by atoms with E-state index in [9.17, 15) is 5.11 Å². The average molecular weight is 171 g/mol. The van der Waals surface area contributed by atoms with Gasteiger partial charge >= 0.3 is 0 Å². The van der Waals surface area contributed by atoms with Crippen molar-refractivity contribution in [1.29, 1.82) is 0 Å². The molecule has 1 aliphatic rings. The highest BCUT2D eigenvalue weighted by molar-refractivity contribution is 4.89. The molecule has 0 aliphatic carbocycles. The van der Waals surface area contributed by atoms with Gasteiger partial charge in [-0.1, -0.05) is 13.8 Å². The molecule has 0 aromatic heterocycles. The van der Waals surface area contributed by atoms with Crippen LogP contribution >= 0.6 is 0 Å². The summed E-state index contributed by atoms with van der Waals surface area (Å²) < 4.78 is 0. The van der Waals surface area contributed by atoms with Gasteiger partial charge in [-0.05, 0) is 37.1 Å². The minimum Gasteiger partial charge on any atom is -0.396 e. The zero-order chi connectivity index (χ0) is 9.03. The third-order valence-corrected chi connectivity index (χ3v) is 3.64. The largest absolute Gasteiger partial charge is 0.396 e. The lowest BCUT2D eigenvalue weighted by Crippen LogP contribution is -2.47. The Morgan fingerprint density at radius 2 is 2.08 bits per heavy atom. The van der Waals surface area contributed by atoms with Crippen molar-refractivity contribution >= 4 is 0 Å². The summed E-state index contributed by atoms with van der Waals surface area (Å²) in [5, 5.41) is 12.7. The molecular formula is C10H21NO. The van der Waals surface area contributed by atoms with Crippen LogP contribution in [-0.2, 0) is 0 Å². The van der Waals surface area contributed by atoms with Crippen molar-refractivity contribution in [3.8, 4) is 0 Å². The summed E-state index contributed by atoms with van der Waals surface area (Å²) in [4.78, 5) is 0. The van der Waals surface area contributed by atoms with E-state index in [1.54, 1.807) is 0 Å². The molecule has 1 unspecified atom stereocenters. The van der Waals surface area contributed by atoms with Crippen molar-refractivity contribution in [3.05, 3.63) is 0 Å². The third-order valence-electron chi connectivity index (χ3n) is 3.64. The van der Waals surface area contributed by atoms with Gasteiger partial charge in [-0.2, -0.15) is 0 Å². The molecule has 0 saturated carbocycles. The molecule has 1 rings (SSSR count). The molecule has 2 nitrogen and oxygen atoms in total. The molecule has 0 radical (unpaired) electrons. The van der Waals surface area contributed by atoms with Crippen LogP contribution in [0.2, 0.25) is 0 Å². The van der Waals surface area contributed by atoms with Crippen LogP contribution in [0.15, 0.2) is 0 Å². The Bertz CT molecular complexity index is 132. The smallest absolute Gasteiger partial charge is 0.0465 e. The molecule has 2 heteroatoms. The minimum absolute atomic E-state index is 0.364. The van der Waals surface area contributed by atoms with Gasteiger partial charge in [0.15, 0.2) is 0 Å². The second-order valence-electron chi connectivity index (χ2n) is 3.91. The lowest BCUT2D eigenvalue weighted by Gasteiger charge is -2.43. The van der Waals surface area contributed by atoms with Crippen molar-refractivity contribution in [2.75, 3.05) is 19.7 Å². The predicted octanol–water partition coefficient (Wildman–Crippen LogP) is 1.39. The third kappa shape index (κ3) is 1.64. The molecule has 0 aromatic carbocycles. The fourth-order valence-electron chi connectivity index (χ4n) is 2.43. The van der Waals surface area contributed by atoms with E-state index < -0.39 is 0 Å². The highest BCUT2D eigenvalue weighted by Gasteiger charge is 2.36. The predicted molar refractivity (Wildman–Crippen MR) is 51.1 cm³/mol. The van der Waals surface area contributed by atoms with Crippen molar-refractivity contribution in [3.63, 3.8) is 0 Å². The van der Waals surface area contributed by atoms with Crippen molar-refractivity contribution in [2.45, 2.75) is 33.1 Å². The first kappa shape index (κ1) is 10.0. The summed E-state index contributed by atoms with van der Waals surface area (Å²) in [6.45, 7) is 7.00. The van der Waals surface area contributed by atoms with Crippen molar-refractivity contribution in [2.24, 2.45) is 11.3 Å². The summed E-state index contributed by atoms with van der Waals surface area (Å²) in [5.41, 5.74) is 0.368. The minimum atomic E-state index is 0.364. The number of aliphatic hydroxyl groups excluding tert-OH is 1. The van der Waals surface area contributed by atoms with Gasteiger partial charge in [0.05, 0.1) is 0 Å². The molecule has 72 valence electrons. The number of hydrogen-bond donors (Lipinski definition) is 2. The van der Waals surface area contributed by atoms with Gasteiger partial charge in [0.1, 0.15) is 0 Å². The van der Waals surface area contributed by atoms with Crippen LogP contribution in [0.3, 0.4) is 0 Å². The molecule has 1 aliphatic heterocycles. The number of rotatable bonds is 3. The first-order valence-electron chi connectivity index (χ1n) is 5.10. The Balaban J connectivity index is 2.66. The van der Waals surface area contributed by atoms with E-state index in [-0.39, 0.29) is 0 Å². The molecule has 1 fully saturated rings. The second kappa shape index (κ2) is 4.24.